The number of nitrogens with zero attached hydrogens (tertiary/aromatic N) is 1. The van der Waals surface area contributed by atoms with Crippen LogP contribution in [0.1, 0.15) is 49.8 Å². The Labute approximate surface area is 192 Å². The van der Waals surface area contributed by atoms with Crippen molar-refractivity contribution in [2.45, 2.75) is 38.7 Å². The minimum atomic E-state index is -1.30. The third-order valence-corrected chi connectivity index (χ3v) is 6.27. The van der Waals surface area contributed by atoms with Gasteiger partial charge in [-0.25, -0.2) is 0 Å². The molecule has 2 unspecified atom stereocenters. The SMILES string of the molecule is CCC(c1ccccc1)C(O)(c1ccc(OCCN(CC)CC)cc1)c1cccc(O)c1. The average molecular weight is 434 g/mol. The van der Waals surface area contributed by atoms with E-state index in [9.17, 15) is 10.2 Å². The lowest BCUT2D eigenvalue weighted by molar-refractivity contribution is 0.0474. The molecule has 4 heteroatoms. The highest BCUT2D eigenvalue weighted by Gasteiger charge is 2.40. The molecule has 0 amide bonds. The molecule has 0 saturated carbocycles. The second-order valence-corrected chi connectivity index (χ2v) is 8.09. The minimum absolute atomic E-state index is 0.139. The summed E-state index contributed by atoms with van der Waals surface area (Å²) in [6.07, 6.45) is 0.734. The number of hydrogen-bond acceptors (Lipinski definition) is 4. The van der Waals surface area contributed by atoms with E-state index < -0.39 is 5.60 Å². The van der Waals surface area contributed by atoms with Crippen LogP contribution in [0.15, 0.2) is 78.9 Å². The highest BCUT2D eigenvalue weighted by atomic mass is 16.5. The van der Waals surface area contributed by atoms with Gasteiger partial charge in [0.15, 0.2) is 0 Å². The number of phenols is 1. The number of rotatable bonds is 11. The molecule has 0 aromatic heterocycles. The molecule has 3 aromatic rings. The van der Waals surface area contributed by atoms with E-state index in [0.29, 0.717) is 12.2 Å². The molecule has 2 N–H and O–H groups in total. The highest BCUT2D eigenvalue weighted by Crippen LogP contribution is 2.45. The van der Waals surface area contributed by atoms with Crippen LogP contribution in [0.3, 0.4) is 0 Å². The molecule has 170 valence electrons. The zero-order valence-electron chi connectivity index (χ0n) is 19.4. The van der Waals surface area contributed by atoms with Crippen molar-refractivity contribution in [2.24, 2.45) is 0 Å². The van der Waals surface area contributed by atoms with Crippen LogP contribution in [0.2, 0.25) is 0 Å². The fraction of sp³-hybridized carbons (Fsp3) is 0.357. The third-order valence-electron chi connectivity index (χ3n) is 6.27. The lowest BCUT2D eigenvalue weighted by atomic mass is 9.72. The number of phenolic OH excluding ortho intramolecular Hbond substituents is 1. The van der Waals surface area contributed by atoms with Gasteiger partial charge in [0.05, 0.1) is 0 Å². The number of ether oxygens (including phenoxy) is 1. The maximum absolute atomic E-state index is 12.2. The van der Waals surface area contributed by atoms with Gasteiger partial charge >= 0.3 is 0 Å². The predicted octanol–water partition coefficient (Wildman–Crippen LogP) is 5.54. The summed E-state index contributed by atoms with van der Waals surface area (Å²) in [5, 5.41) is 22.4. The van der Waals surface area contributed by atoms with Crippen LogP contribution in [-0.2, 0) is 5.60 Å². The van der Waals surface area contributed by atoms with Crippen molar-refractivity contribution in [3.05, 3.63) is 95.6 Å². The first-order valence-corrected chi connectivity index (χ1v) is 11.5. The summed E-state index contributed by atoms with van der Waals surface area (Å²) in [6.45, 7) is 9.90. The highest BCUT2D eigenvalue weighted by molar-refractivity contribution is 5.45. The van der Waals surface area contributed by atoms with E-state index in [-0.39, 0.29) is 11.7 Å². The molecule has 0 aliphatic rings. The first kappa shape index (κ1) is 23.8. The summed E-state index contributed by atoms with van der Waals surface area (Å²) < 4.78 is 5.94. The van der Waals surface area contributed by atoms with Crippen molar-refractivity contribution in [1.82, 2.24) is 4.90 Å². The largest absolute Gasteiger partial charge is 0.508 e. The van der Waals surface area contributed by atoms with Gasteiger partial charge in [0.2, 0.25) is 0 Å². The molecule has 0 aliphatic carbocycles. The van der Waals surface area contributed by atoms with Crippen molar-refractivity contribution in [3.8, 4) is 11.5 Å². The molecule has 0 saturated heterocycles. The minimum Gasteiger partial charge on any atom is -0.508 e. The summed E-state index contributed by atoms with van der Waals surface area (Å²) >= 11 is 0. The van der Waals surface area contributed by atoms with E-state index in [2.05, 4.69) is 25.7 Å². The Balaban J connectivity index is 1.94. The molecule has 3 rings (SSSR count). The molecule has 4 nitrogen and oxygen atoms in total. The summed E-state index contributed by atoms with van der Waals surface area (Å²) in [7, 11) is 0. The molecule has 0 bridgehead atoms. The first-order chi connectivity index (χ1) is 15.5. The maximum Gasteiger partial charge on any atom is 0.122 e. The van der Waals surface area contributed by atoms with Crippen LogP contribution in [-0.4, -0.2) is 41.4 Å². The number of likely N-dealkylation sites (N-methyl/N-ethyl adjacent to an activating group) is 1. The molecule has 3 aromatic carbocycles. The van der Waals surface area contributed by atoms with Crippen molar-refractivity contribution in [1.29, 1.82) is 0 Å². The first-order valence-electron chi connectivity index (χ1n) is 11.5. The molecule has 0 radical (unpaired) electrons. The number of aromatic hydroxyl groups is 1. The van der Waals surface area contributed by atoms with Crippen molar-refractivity contribution in [3.63, 3.8) is 0 Å². The average Bonchev–Trinajstić information content (AvgIpc) is 2.83. The monoisotopic (exact) mass is 433 g/mol. The lowest BCUT2D eigenvalue weighted by Crippen LogP contribution is -2.34. The Kier molecular flexibility index (Phi) is 8.32. The van der Waals surface area contributed by atoms with Gasteiger partial charge in [-0.05, 0) is 60.5 Å². The molecule has 32 heavy (non-hydrogen) atoms. The van der Waals surface area contributed by atoms with Gasteiger partial charge in [0, 0.05) is 12.5 Å². The predicted molar refractivity (Wildman–Crippen MR) is 130 cm³/mol. The molecular formula is C28H35NO3. The Bertz CT molecular complexity index is 954. The van der Waals surface area contributed by atoms with Crippen LogP contribution in [0.25, 0.3) is 0 Å². The van der Waals surface area contributed by atoms with E-state index in [1.165, 1.54) is 0 Å². The van der Waals surface area contributed by atoms with Gasteiger partial charge < -0.3 is 19.8 Å². The number of benzene rings is 3. The topological polar surface area (TPSA) is 52.9 Å². The molecule has 0 heterocycles. The van der Waals surface area contributed by atoms with Crippen LogP contribution in [0.5, 0.6) is 11.5 Å². The zero-order chi connectivity index (χ0) is 23.0. The smallest absolute Gasteiger partial charge is 0.122 e. The Morgan fingerprint density at radius 3 is 2.12 bits per heavy atom. The summed E-state index contributed by atoms with van der Waals surface area (Å²) in [4.78, 5) is 2.32. The van der Waals surface area contributed by atoms with E-state index in [0.717, 1.165) is 42.9 Å². The second kappa shape index (κ2) is 11.2. The van der Waals surface area contributed by atoms with E-state index in [1.807, 2.05) is 60.7 Å². The Morgan fingerprint density at radius 2 is 1.53 bits per heavy atom. The Morgan fingerprint density at radius 1 is 0.844 bits per heavy atom. The van der Waals surface area contributed by atoms with Gasteiger partial charge in [-0.1, -0.05) is 75.4 Å². The van der Waals surface area contributed by atoms with Crippen molar-refractivity contribution >= 4 is 0 Å². The van der Waals surface area contributed by atoms with E-state index in [1.54, 1.807) is 18.2 Å². The van der Waals surface area contributed by atoms with Crippen LogP contribution < -0.4 is 4.74 Å². The van der Waals surface area contributed by atoms with Gasteiger partial charge in [-0.2, -0.15) is 0 Å². The summed E-state index contributed by atoms with van der Waals surface area (Å²) in [5.74, 6) is 0.743. The fourth-order valence-electron chi connectivity index (χ4n) is 4.41. The van der Waals surface area contributed by atoms with Gasteiger partial charge in [0.25, 0.3) is 0 Å². The fourth-order valence-corrected chi connectivity index (χ4v) is 4.41. The summed E-state index contributed by atoms with van der Waals surface area (Å²) in [6, 6.07) is 24.7. The van der Waals surface area contributed by atoms with Gasteiger partial charge in [0.1, 0.15) is 23.7 Å². The molecular weight excluding hydrogens is 398 g/mol. The van der Waals surface area contributed by atoms with Crippen LogP contribution in [0.4, 0.5) is 0 Å². The van der Waals surface area contributed by atoms with Crippen molar-refractivity contribution in [2.75, 3.05) is 26.2 Å². The molecule has 0 spiro atoms. The van der Waals surface area contributed by atoms with E-state index in [4.69, 9.17) is 4.74 Å². The maximum atomic E-state index is 12.2. The second-order valence-electron chi connectivity index (χ2n) is 8.09. The summed E-state index contributed by atoms with van der Waals surface area (Å²) in [5.41, 5.74) is 1.20. The standard InChI is InChI=1S/C28H35NO3/c1-4-27(22-11-8-7-9-12-22)28(31,24-13-10-14-25(30)21-24)23-15-17-26(18-16-23)32-20-19-29(5-2)6-3/h7-18,21,27,30-31H,4-6,19-20H2,1-3H3. The van der Waals surface area contributed by atoms with Gasteiger partial charge in [-0.15, -0.1) is 0 Å². The molecule has 0 aliphatic heterocycles. The number of aliphatic hydroxyl groups is 1. The lowest BCUT2D eigenvalue weighted by Gasteiger charge is -2.37. The van der Waals surface area contributed by atoms with Crippen molar-refractivity contribution < 1.29 is 14.9 Å². The van der Waals surface area contributed by atoms with E-state index >= 15 is 0 Å². The molecule has 0 fully saturated rings. The normalized spacial score (nSPS) is 14.2. The number of hydrogen-bond donors (Lipinski definition) is 2. The third kappa shape index (κ3) is 5.32. The zero-order valence-corrected chi connectivity index (χ0v) is 19.4. The van der Waals surface area contributed by atoms with Crippen LogP contribution >= 0.6 is 0 Å². The quantitative estimate of drug-likeness (QED) is 0.417. The van der Waals surface area contributed by atoms with Crippen LogP contribution in [0, 0.1) is 0 Å². The van der Waals surface area contributed by atoms with Gasteiger partial charge in [-0.3, -0.25) is 0 Å². The Hall–Kier alpha value is -2.82. The molecule has 2 atom stereocenters.